The fraction of sp³-hybridized carbons (Fsp3) is 0.328. The smallest absolute Gasteiger partial charge is 0.340 e. The summed E-state index contributed by atoms with van der Waals surface area (Å²) in [6.07, 6.45) is 2.80. The van der Waals surface area contributed by atoms with Gasteiger partial charge in [0.1, 0.15) is 23.0 Å². The molecule has 6 aromatic carbocycles. The number of benzene rings is 6. The summed E-state index contributed by atoms with van der Waals surface area (Å²) in [6, 6.07) is 19.7. The number of carbonyl (C=O) groups is 1. The Balaban J connectivity index is 0.000000183. The number of para-hydroxylation sites is 1. The molecule has 0 atom stereocenters. The van der Waals surface area contributed by atoms with E-state index in [-0.39, 0.29) is 35.4 Å². The van der Waals surface area contributed by atoms with Crippen molar-refractivity contribution in [2.75, 3.05) is 158 Å². The number of amides is 1. The average Bonchev–Trinajstić information content (AvgIpc) is 0.849. The third-order valence-corrected chi connectivity index (χ3v) is 15.0. The van der Waals surface area contributed by atoms with Gasteiger partial charge in [-0.3, -0.25) is 35.1 Å². The highest BCUT2D eigenvalue weighted by atomic mass is 19.2. The molecule has 7 aromatic rings. The van der Waals surface area contributed by atoms with Gasteiger partial charge in [0.25, 0.3) is 0 Å². The molecular weight excluding hydrogens is 1230 g/mol. The molecule has 0 unspecified atom stereocenters. The van der Waals surface area contributed by atoms with Crippen LogP contribution in [0.5, 0.6) is 0 Å². The van der Waals surface area contributed by atoms with Gasteiger partial charge in [-0.15, -0.1) is 0 Å². The van der Waals surface area contributed by atoms with Crippen LogP contribution in [0.2, 0.25) is 0 Å². The van der Waals surface area contributed by atoms with Crippen molar-refractivity contribution < 1.29 is 59.1 Å². The summed E-state index contributed by atoms with van der Waals surface area (Å²) in [5.74, 6) is -10.1. The first-order chi connectivity index (χ1) is 43.8. The largest absolute Gasteiger partial charge is 0.369 e. The molecular formula is C61H66F9N15O7. The zero-order chi connectivity index (χ0) is 66.9. The van der Waals surface area contributed by atoms with Crippen LogP contribution in [0, 0.1) is 82.7 Å². The van der Waals surface area contributed by atoms with E-state index in [0.29, 0.717) is 81.0 Å². The Morgan fingerprint density at radius 3 is 1.41 bits per heavy atom. The molecule has 11 rings (SSSR count). The second-order valence-corrected chi connectivity index (χ2v) is 21.5. The van der Waals surface area contributed by atoms with Gasteiger partial charge in [-0.25, -0.2) is 27.5 Å². The molecule has 4 aliphatic rings. The van der Waals surface area contributed by atoms with E-state index in [1.807, 2.05) is 67.3 Å². The molecule has 4 saturated heterocycles. The van der Waals surface area contributed by atoms with E-state index in [2.05, 4.69) is 59.1 Å². The van der Waals surface area contributed by atoms with Gasteiger partial charge >= 0.3 is 17.1 Å². The lowest BCUT2D eigenvalue weighted by molar-refractivity contribution is -0.390. The first-order valence-electron chi connectivity index (χ1n) is 28.6. The van der Waals surface area contributed by atoms with Crippen molar-refractivity contribution in [2.45, 2.75) is 0 Å². The fourth-order valence-electron chi connectivity index (χ4n) is 9.83. The summed E-state index contributed by atoms with van der Waals surface area (Å²) in [5.41, 5.74) is 0.302. The first-order valence-corrected chi connectivity index (χ1v) is 28.6. The number of fused-ring (bicyclic) bond motifs is 1. The van der Waals surface area contributed by atoms with Gasteiger partial charge in [-0.1, -0.05) is 36.9 Å². The second kappa shape index (κ2) is 32.4. The van der Waals surface area contributed by atoms with Crippen LogP contribution in [0.3, 0.4) is 0 Å². The number of nitro benzene ring substituents is 3. The van der Waals surface area contributed by atoms with Crippen molar-refractivity contribution in [3.05, 3.63) is 193 Å². The van der Waals surface area contributed by atoms with Crippen LogP contribution >= 0.6 is 0 Å². The summed E-state index contributed by atoms with van der Waals surface area (Å²) < 4.78 is 121. The summed E-state index contributed by atoms with van der Waals surface area (Å²) in [5, 5.41) is 40.8. The van der Waals surface area contributed by atoms with E-state index >= 15 is 8.78 Å². The third kappa shape index (κ3) is 19.0. The molecule has 0 radical (unpaired) electrons. The van der Waals surface area contributed by atoms with Crippen LogP contribution in [0.1, 0.15) is 0 Å². The minimum atomic E-state index is -1.52. The van der Waals surface area contributed by atoms with E-state index in [1.165, 1.54) is 31.3 Å². The Morgan fingerprint density at radius 1 is 0.533 bits per heavy atom. The third-order valence-electron chi connectivity index (χ3n) is 15.0. The number of piperazine rings is 4. The quantitative estimate of drug-likeness (QED) is 0.0473. The van der Waals surface area contributed by atoms with E-state index in [4.69, 9.17) is 0 Å². The summed E-state index contributed by atoms with van der Waals surface area (Å²) in [7, 11) is 8.07. The summed E-state index contributed by atoms with van der Waals surface area (Å²) >= 11 is 0. The number of nitrogens with zero attached hydrogens (tertiary/aromatic N) is 12. The minimum Gasteiger partial charge on any atom is -0.369 e. The van der Waals surface area contributed by atoms with E-state index in [0.717, 1.165) is 74.0 Å². The number of nitro groups is 3. The second-order valence-electron chi connectivity index (χ2n) is 21.5. The lowest BCUT2D eigenvalue weighted by atomic mass is 10.0. The van der Waals surface area contributed by atoms with Crippen LogP contribution in [-0.2, 0) is 4.79 Å². The zero-order valence-corrected chi connectivity index (χ0v) is 50.5. The van der Waals surface area contributed by atoms with Gasteiger partial charge in [-0.05, 0) is 64.1 Å². The number of likely N-dealkylation sites (N-methyl/N-ethyl adjacent to an activating group) is 4. The number of nitrogens with one attached hydrogen (secondary N) is 3. The highest BCUT2D eigenvalue weighted by molar-refractivity contribution is 6.00. The number of rotatable bonds is 11. The Hall–Kier alpha value is -9.56. The highest BCUT2D eigenvalue weighted by Crippen LogP contribution is 2.35. The molecule has 3 N–H and O–H groups in total. The Labute approximate surface area is 522 Å². The van der Waals surface area contributed by atoms with Crippen LogP contribution in [-0.4, -0.2) is 183 Å². The predicted molar refractivity (Wildman–Crippen MR) is 332 cm³/mol. The molecule has 0 saturated carbocycles. The van der Waals surface area contributed by atoms with Crippen molar-refractivity contribution in [1.82, 2.24) is 34.9 Å². The molecule has 31 heteroatoms. The molecule has 0 bridgehead atoms. The summed E-state index contributed by atoms with van der Waals surface area (Å²) in [6.45, 7) is 16.6. The number of hydrogen-bond acceptors (Lipinski definition) is 18. The van der Waals surface area contributed by atoms with E-state index in [9.17, 15) is 65.9 Å². The fourth-order valence-corrected chi connectivity index (χ4v) is 9.83. The molecule has 22 nitrogen and oxygen atoms in total. The van der Waals surface area contributed by atoms with Crippen LogP contribution in [0.4, 0.5) is 91.0 Å². The maximum absolute atomic E-state index is 15.0. The monoisotopic (exact) mass is 1290 g/mol. The Kier molecular flexibility index (Phi) is 24.7. The molecule has 0 spiro atoms. The summed E-state index contributed by atoms with van der Waals surface area (Å²) in [4.78, 5) is 62.9. The first kappa shape index (κ1) is 69.9. The molecule has 5 heterocycles. The molecule has 1 amide bonds. The number of aromatic nitrogens is 2. The van der Waals surface area contributed by atoms with Crippen molar-refractivity contribution in [3.63, 3.8) is 0 Å². The number of anilines is 6. The standard InChI is InChI=1S/C28H26F2N6O.2C11H13F2N3O2.C6H2F3NO2.C5H12N2/c1-3-25(37)32-20-8-4-6-18(14-20)22-9-5-7-19-17-31-28(33-26(19)22)34-27-23(29)15-21(16-24(27)30)36-12-10-35(2)11-13-36;1-14-2-4-15(5-3-14)8-6-9(12)11(16(17)18)10(13)7-8;1-14-2-4-15(5-3-14)10-7-8(12)6-9(13)11(10)16(17)18;7-3-1-4(8)6(10(11)12)5(9)2-3;1-7-4-2-6-3-5-7/h3-9,14-17H,1,10-13H2,2H3,(H,32,37)(H,31,33,34);2*6-7H,2-5H2,1H3;1-2H;6H,2-5H2,1H3. The lowest BCUT2D eigenvalue weighted by Gasteiger charge is -2.34. The number of halogens is 9. The van der Waals surface area contributed by atoms with E-state index < -0.39 is 84.2 Å². The average molecular weight is 1290 g/mol. The SMILES string of the molecule is C=CC(=O)Nc1cccc(-c2cccc3cnc(Nc4c(F)cc(N5CCN(C)CC5)cc4F)nc23)c1.CN1CCN(c2cc(F)c([N+](=O)[O-])c(F)c2)CC1.CN1CCN(c2cc(F)cc(F)c2[N+](=O)[O-])CC1.CN1CCNCC1.O=[N+]([O-])c1c(F)cc(F)cc1F. The van der Waals surface area contributed by atoms with E-state index in [1.54, 1.807) is 17.2 Å². The van der Waals surface area contributed by atoms with Crippen molar-refractivity contribution in [1.29, 1.82) is 0 Å². The maximum atomic E-state index is 15.0. The van der Waals surface area contributed by atoms with Gasteiger partial charge < -0.3 is 50.2 Å². The normalized spacial score (nSPS) is 15.5. The van der Waals surface area contributed by atoms with Crippen LogP contribution in [0.25, 0.3) is 22.0 Å². The molecule has 4 aliphatic heterocycles. The van der Waals surface area contributed by atoms with Crippen molar-refractivity contribution in [3.8, 4) is 11.1 Å². The molecule has 0 aliphatic carbocycles. The zero-order valence-electron chi connectivity index (χ0n) is 50.5. The topological polar surface area (TPSA) is 231 Å². The van der Waals surface area contributed by atoms with Crippen molar-refractivity contribution in [2.24, 2.45) is 0 Å². The Morgan fingerprint density at radius 2 is 0.957 bits per heavy atom. The number of hydrogen-bond donors (Lipinski definition) is 3. The minimum absolute atomic E-state index is 0.0191. The molecule has 4 fully saturated rings. The predicted octanol–water partition coefficient (Wildman–Crippen LogP) is 9.98. The molecule has 92 heavy (non-hydrogen) atoms. The lowest BCUT2D eigenvalue weighted by Crippen LogP contribution is -2.44. The maximum Gasteiger partial charge on any atom is 0.340 e. The Bertz CT molecular complexity index is 3710. The van der Waals surface area contributed by atoms with Gasteiger partial charge in [0.05, 0.1) is 20.3 Å². The molecule has 490 valence electrons. The van der Waals surface area contributed by atoms with Gasteiger partial charge in [0.15, 0.2) is 11.6 Å². The highest BCUT2D eigenvalue weighted by Gasteiger charge is 2.29. The van der Waals surface area contributed by atoms with Gasteiger partial charge in [0, 0.05) is 175 Å². The number of carbonyl (C=O) groups excluding carboxylic acids is 1. The van der Waals surface area contributed by atoms with Gasteiger partial charge in [0.2, 0.25) is 40.9 Å². The molecule has 1 aromatic heterocycles. The van der Waals surface area contributed by atoms with Crippen LogP contribution < -0.4 is 30.7 Å². The van der Waals surface area contributed by atoms with Gasteiger partial charge in [-0.2, -0.15) is 22.0 Å². The van der Waals surface area contributed by atoms with Crippen LogP contribution in [0.15, 0.2) is 110 Å². The van der Waals surface area contributed by atoms with Crippen molar-refractivity contribution >= 4 is 68.3 Å².